The van der Waals surface area contributed by atoms with E-state index < -0.39 is 6.10 Å². The molecule has 0 spiro atoms. The number of anilines is 1. The number of carbonyl (C=O) groups excluding carboxylic acids is 1. The lowest BCUT2D eigenvalue weighted by molar-refractivity contribution is -0.122. The Hall–Kier alpha value is -2.81. The minimum atomic E-state index is -0.664. The molecule has 1 aromatic heterocycles. The van der Waals surface area contributed by atoms with Crippen LogP contribution in [0, 0.1) is 11.3 Å². The molecule has 0 aliphatic carbocycles. The predicted octanol–water partition coefficient (Wildman–Crippen LogP) is 3.13. The molecule has 0 saturated carbocycles. The number of nitrogens with one attached hydrogen (secondary N) is 1. The smallest absolute Gasteiger partial charge is 0.266 e. The van der Waals surface area contributed by atoms with Gasteiger partial charge >= 0.3 is 0 Å². The fourth-order valence-electron chi connectivity index (χ4n) is 2.03. The van der Waals surface area contributed by atoms with Crippen LogP contribution in [-0.4, -0.2) is 21.8 Å². The predicted molar refractivity (Wildman–Crippen MR) is 87.1 cm³/mol. The summed E-state index contributed by atoms with van der Waals surface area (Å²) in [5.41, 5.74) is 0.548. The molecule has 1 aromatic carbocycles. The fraction of sp³-hybridized carbons (Fsp3) is 0.353. The molecule has 6 nitrogen and oxygen atoms in total. The second-order valence-electron chi connectivity index (χ2n) is 5.30. The highest BCUT2D eigenvalue weighted by Gasteiger charge is 2.18. The van der Waals surface area contributed by atoms with Crippen LogP contribution in [0.5, 0.6) is 5.75 Å². The minimum absolute atomic E-state index is 0.204. The van der Waals surface area contributed by atoms with Crippen molar-refractivity contribution in [3.05, 3.63) is 42.1 Å². The van der Waals surface area contributed by atoms with Gasteiger partial charge in [-0.15, -0.1) is 0 Å². The van der Waals surface area contributed by atoms with Crippen LogP contribution in [0.4, 0.5) is 5.82 Å². The number of nitrogens with zero attached hydrogens (tertiary/aromatic N) is 3. The van der Waals surface area contributed by atoms with Crippen LogP contribution in [0.1, 0.15) is 38.8 Å². The Kier molecular flexibility index (Phi) is 5.36. The number of carbonyl (C=O) groups is 1. The summed E-state index contributed by atoms with van der Waals surface area (Å²) < 4.78 is 7.38. The van der Waals surface area contributed by atoms with E-state index in [1.54, 1.807) is 48.1 Å². The van der Waals surface area contributed by atoms with Gasteiger partial charge < -0.3 is 10.1 Å². The van der Waals surface area contributed by atoms with E-state index in [0.29, 0.717) is 17.1 Å². The third-order valence-corrected chi connectivity index (χ3v) is 3.60. The van der Waals surface area contributed by atoms with Gasteiger partial charge in [-0.25, -0.2) is 4.68 Å². The lowest BCUT2D eigenvalue weighted by Crippen LogP contribution is -2.31. The topological polar surface area (TPSA) is 79.9 Å². The van der Waals surface area contributed by atoms with E-state index >= 15 is 0 Å². The number of rotatable bonds is 6. The molecule has 1 heterocycles. The van der Waals surface area contributed by atoms with Crippen molar-refractivity contribution >= 4 is 11.7 Å². The summed E-state index contributed by atoms with van der Waals surface area (Å²) in [4.78, 5) is 12.3. The molecule has 0 radical (unpaired) electrons. The van der Waals surface area contributed by atoms with Crippen molar-refractivity contribution in [2.24, 2.45) is 0 Å². The molecule has 23 heavy (non-hydrogen) atoms. The molecule has 2 aromatic rings. The van der Waals surface area contributed by atoms with Crippen molar-refractivity contribution in [3.8, 4) is 11.8 Å². The molecule has 2 unspecified atom stereocenters. The first-order valence-electron chi connectivity index (χ1n) is 7.56. The standard InChI is InChI=1S/C17H20N4O2/c1-4-12(2)21-16(9-10-19-21)20-17(22)13(3)23-15-7-5-14(11-18)6-8-15/h5-10,12-13H,4H2,1-3H3,(H,20,22). The van der Waals surface area contributed by atoms with Gasteiger partial charge in [-0.3, -0.25) is 4.79 Å². The average molecular weight is 312 g/mol. The molecule has 0 aliphatic rings. The summed E-state index contributed by atoms with van der Waals surface area (Å²) >= 11 is 0. The van der Waals surface area contributed by atoms with Gasteiger partial charge in [-0.1, -0.05) is 6.92 Å². The first-order chi connectivity index (χ1) is 11.0. The molecule has 2 rings (SSSR count). The van der Waals surface area contributed by atoms with E-state index in [9.17, 15) is 4.79 Å². The SMILES string of the molecule is CCC(C)n1nccc1NC(=O)C(C)Oc1ccc(C#N)cc1. The van der Waals surface area contributed by atoms with Crippen LogP contribution in [0.2, 0.25) is 0 Å². The van der Waals surface area contributed by atoms with Gasteiger partial charge in [-0.2, -0.15) is 10.4 Å². The number of ether oxygens (including phenoxy) is 1. The molecule has 0 aliphatic heterocycles. The summed E-state index contributed by atoms with van der Waals surface area (Å²) in [7, 11) is 0. The van der Waals surface area contributed by atoms with Crippen LogP contribution >= 0.6 is 0 Å². The van der Waals surface area contributed by atoms with Crippen LogP contribution in [0.15, 0.2) is 36.5 Å². The number of amides is 1. The van der Waals surface area contributed by atoms with E-state index in [4.69, 9.17) is 10.00 Å². The number of hydrogen-bond donors (Lipinski definition) is 1. The van der Waals surface area contributed by atoms with E-state index in [1.807, 2.05) is 13.0 Å². The molecule has 0 saturated heterocycles. The third kappa shape index (κ3) is 4.10. The highest BCUT2D eigenvalue weighted by Crippen LogP contribution is 2.18. The van der Waals surface area contributed by atoms with E-state index in [2.05, 4.69) is 17.3 Å². The van der Waals surface area contributed by atoms with Crippen molar-refractivity contribution in [1.82, 2.24) is 9.78 Å². The van der Waals surface area contributed by atoms with Gasteiger partial charge in [0.15, 0.2) is 6.10 Å². The number of aromatic nitrogens is 2. The van der Waals surface area contributed by atoms with Crippen LogP contribution in [0.3, 0.4) is 0 Å². The second kappa shape index (κ2) is 7.45. The van der Waals surface area contributed by atoms with Crippen LogP contribution < -0.4 is 10.1 Å². The normalized spacial score (nSPS) is 13.0. The minimum Gasteiger partial charge on any atom is -0.481 e. The summed E-state index contributed by atoms with van der Waals surface area (Å²) in [6, 6.07) is 10.7. The highest BCUT2D eigenvalue weighted by molar-refractivity contribution is 5.93. The van der Waals surface area contributed by atoms with Crippen molar-refractivity contribution in [1.29, 1.82) is 5.26 Å². The summed E-state index contributed by atoms with van der Waals surface area (Å²) in [5.74, 6) is 0.945. The molecule has 0 fully saturated rings. The van der Waals surface area contributed by atoms with Gasteiger partial charge in [0.1, 0.15) is 11.6 Å². The lowest BCUT2D eigenvalue weighted by Gasteiger charge is -2.17. The Bertz CT molecular complexity index is 700. The van der Waals surface area contributed by atoms with E-state index in [0.717, 1.165) is 6.42 Å². The number of nitriles is 1. The summed E-state index contributed by atoms with van der Waals surface area (Å²) in [5, 5.41) is 15.8. The number of benzene rings is 1. The Morgan fingerprint density at radius 3 is 2.65 bits per heavy atom. The third-order valence-electron chi connectivity index (χ3n) is 3.60. The Labute approximate surface area is 135 Å². The largest absolute Gasteiger partial charge is 0.481 e. The maximum Gasteiger partial charge on any atom is 0.266 e. The first-order valence-corrected chi connectivity index (χ1v) is 7.56. The van der Waals surface area contributed by atoms with Gasteiger partial charge in [0, 0.05) is 6.07 Å². The number of hydrogen-bond acceptors (Lipinski definition) is 4. The maximum absolute atomic E-state index is 12.3. The average Bonchev–Trinajstić information content (AvgIpc) is 3.02. The van der Waals surface area contributed by atoms with E-state index in [-0.39, 0.29) is 11.9 Å². The molecule has 120 valence electrons. The molecular weight excluding hydrogens is 292 g/mol. The van der Waals surface area contributed by atoms with Crippen LogP contribution in [0.25, 0.3) is 0 Å². The zero-order valence-corrected chi connectivity index (χ0v) is 13.5. The zero-order chi connectivity index (χ0) is 16.8. The first kappa shape index (κ1) is 16.6. The van der Waals surface area contributed by atoms with Crippen molar-refractivity contribution < 1.29 is 9.53 Å². The molecule has 2 atom stereocenters. The summed E-state index contributed by atoms with van der Waals surface area (Å²) in [6.07, 6.45) is 1.92. The van der Waals surface area contributed by atoms with Crippen molar-refractivity contribution in [2.45, 2.75) is 39.3 Å². The lowest BCUT2D eigenvalue weighted by atomic mass is 10.2. The molecule has 1 N–H and O–H groups in total. The maximum atomic E-state index is 12.3. The van der Waals surface area contributed by atoms with Crippen LogP contribution in [-0.2, 0) is 4.79 Å². The van der Waals surface area contributed by atoms with Gasteiger partial charge in [0.2, 0.25) is 0 Å². The van der Waals surface area contributed by atoms with Gasteiger partial charge in [-0.05, 0) is 44.5 Å². The van der Waals surface area contributed by atoms with E-state index in [1.165, 1.54) is 0 Å². The summed E-state index contributed by atoms with van der Waals surface area (Å²) in [6.45, 7) is 5.78. The molecule has 1 amide bonds. The Morgan fingerprint density at radius 2 is 2.04 bits per heavy atom. The fourth-order valence-corrected chi connectivity index (χ4v) is 2.03. The van der Waals surface area contributed by atoms with Gasteiger partial charge in [0.05, 0.1) is 23.9 Å². The second-order valence-corrected chi connectivity index (χ2v) is 5.30. The molecular formula is C17H20N4O2. The quantitative estimate of drug-likeness (QED) is 0.888. The molecule has 0 bridgehead atoms. The zero-order valence-electron chi connectivity index (χ0n) is 13.5. The van der Waals surface area contributed by atoms with Crippen molar-refractivity contribution in [3.63, 3.8) is 0 Å². The Morgan fingerprint density at radius 1 is 1.35 bits per heavy atom. The van der Waals surface area contributed by atoms with Gasteiger partial charge in [0.25, 0.3) is 5.91 Å². The molecule has 6 heteroatoms. The highest BCUT2D eigenvalue weighted by atomic mass is 16.5. The Balaban J connectivity index is 2.00. The monoisotopic (exact) mass is 312 g/mol. The van der Waals surface area contributed by atoms with Crippen molar-refractivity contribution in [2.75, 3.05) is 5.32 Å².